The van der Waals surface area contributed by atoms with Crippen LogP contribution in [0.25, 0.3) is 0 Å². The quantitative estimate of drug-likeness (QED) is 0.457. The van der Waals surface area contributed by atoms with Crippen LogP contribution in [0, 0.1) is 0 Å². The van der Waals surface area contributed by atoms with Crippen LogP contribution < -0.4 is 16.0 Å². The van der Waals surface area contributed by atoms with Gasteiger partial charge in [-0.2, -0.15) is 0 Å². The summed E-state index contributed by atoms with van der Waals surface area (Å²) < 4.78 is 0. The van der Waals surface area contributed by atoms with E-state index in [9.17, 15) is 19.2 Å². The van der Waals surface area contributed by atoms with Crippen molar-refractivity contribution in [2.45, 2.75) is 6.10 Å². The number of amides is 4. The van der Waals surface area contributed by atoms with Crippen molar-refractivity contribution in [2.24, 2.45) is 0 Å². The van der Waals surface area contributed by atoms with E-state index in [0.29, 0.717) is 0 Å². The summed E-state index contributed by atoms with van der Waals surface area (Å²) in [4.78, 5) is 44.6. The molecule has 5 N–H and O–H groups in total. The van der Waals surface area contributed by atoms with Crippen LogP contribution in [0.5, 0.6) is 0 Å². The Hall–Kier alpha value is -2.94. The molecule has 0 aromatic heterocycles. The van der Waals surface area contributed by atoms with E-state index in [1.807, 2.05) is 0 Å². The molecule has 110 valence electrons. The van der Waals surface area contributed by atoms with Crippen LogP contribution in [-0.2, 0) is 4.79 Å². The molecule has 0 spiro atoms. The van der Waals surface area contributed by atoms with Crippen molar-refractivity contribution in [3.05, 3.63) is 29.3 Å². The summed E-state index contributed by atoms with van der Waals surface area (Å²) in [5.41, 5.74) is 0.608. The lowest BCUT2D eigenvalue weighted by molar-refractivity contribution is -0.146. The van der Waals surface area contributed by atoms with Gasteiger partial charge in [-0.1, -0.05) is 0 Å². The van der Waals surface area contributed by atoms with E-state index in [-0.39, 0.29) is 16.8 Å². The van der Waals surface area contributed by atoms with Crippen molar-refractivity contribution in [1.82, 2.24) is 10.6 Å². The first kappa shape index (κ1) is 14.5. The number of carboxylic acid groups (broad SMARTS) is 1. The highest BCUT2D eigenvalue weighted by Gasteiger charge is 2.26. The zero-order valence-electron chi connectivity index (χ0n) is 10.5. The molecule has 4 amide bonds. The predicted molar refractivity (Wildman–Crippen MR) is 68.9 cm³/mol. The second kappa shape index (κ2) is 5.59. The Kier molecular flexibility index (Phi) is 3.85. The Bertz CT molecular complexity index is 642. The van der Waals surface area contributed by atoms with Gasteiger partial charge in [-0.05, 0) is 18.2 Å². The third-order valence-corrected chi connectivity index (χ3v) is 2.73. The molecule has 1 aromatic rings. The van der Waals surface area contributed by atoms with Crippen molar-refractivity contribution in [2.75, 3.05) is 11.9 Å². The number of aliphatic hydroxyl groups excluding tert-OH is 1. The number of imide groups is 1. The normalized spacial score (nSPS) is 14.1. The number of hydrogen-bond acceptors (Lipinski definition) is 5. The summed E-state index contributed by atoms with van der Waals surface area (Å²) in [6.45, 7) is -0.467. The monoisotopic (exact) mass is 293 g/mol. The lowest BCUT2D eigenvalue weighted by Crippen LogP contribution is -2.38. The number of anilines is 1. The van der Waals surface area contributed by atoms with Crippen molar-refractivity contribution < 1.29 is 29.4 Å². The fraction of sp³-hybridized carbons (Fsp3) is 0.167. The predicted octanol–water partition coefficient (Wildman–Crippen LogP) is -0.863. The van der Waals surface area contributed by atoms with E-state index in [1.165, 1.54) is 18.2 Å². The standard InChI is InChI=1S/C12H11N3O6/c16-8(11(19)20)4-13-12(21)14-5-1-2-6-7(3-5)10(18)15-9(6)17/h1-3,8,16H,4H2,(H,19,20)(H2,13,14,21)(H,15,17,18)/t8-/m0/s1. The molecule has 0 fully saturated rings. The highest BCUT2D eigenvalue weighted by molar-refractivity contribution is 6.22. The molecule has 0 bridgehead atoms. The topological polar surface area (TPSA) is 145 Å². The van der Waals surface area contributed by atoms with Crippen LogP contribution in [0.3, 0.4) is 0 Å². The average Bonchev–Trinajstić information content (AvgIpc) is 2.71. The van der Waals surface area contributed by atoms with Gasteiger partial charge < -0.3 is 20.8 Å². The summed E-state index contributed by atoms with van der Waals surface area (Å²) in [7, 11) is 0. The van der Waals surface area contributed by atoms with Crippen LogP contribution in [0.15, 0.2) is 18.2 Å². The number of fused-ring (bicyclic) bond motifs is 1. The molecule has 2 rings (SSSR count). The highest BCUT2D eigenvalue weighted by atomic mass is 16.4. The first-order chi connectivity index (χ1) is 9.88. The lowest BCUT2D eigenvalue weighted by Gasteiger charge is -2.09. The molecule has 9 heteroatoms. The Morgan fingerprint density at radius 1 is 1.19 bits per heavy atom. The minimum Gasteiger partial charge on any atom is -0.479 e. The third-order valence-electron chi connectivity index (χ3n) is 2.73. The Balaban J connectivity index is 1.99. The van der Waals surface area contributed by atoms with E-state index in [2.05, 4.69) is 16.0 Å². The Labute approximate surface area is 117 Å². The van der Waals surface area contributed by atoms with Gasteiger partial charge in [0.2, 0.25) is 0 Å². The summed E-state index contributed by atoms with van der Waals surface area (Å²) >= 11 is 0. The number of carbonyl (C=O) groups is 4. The van der Waals surface area contributed by atoms with Crippen molar-refractivity contribution in [3.8, 4) is 0 Å². The smallest absolute Gasteiger partial charge is 0.334 e. The Morgan fingerprint density at radius 2 is 1.86 bits per heavy atom. The van der Waals surface area contributed by atoms with Gasteiger partial charge in [0.15, 0.2) is 6.10 Å². The maximum absolute atomic E-state index is 11.5. The second-order valence-corrected chi connectivity index (χ2v) is 4.23. The van der Waals surface area contributed by atoms with Gasteiger partial charge in [-0.15, -0.1) is 0 Å². The minimum atomic E-state index is -1.71. The van der Waals surface area contributed by atoms with Crippen LogP contribution in [-0.4, -0.2) is 46.7 Å². The second-order valence-electron chi connectivity index (χ2n) is 4.23. The zero-order valence-corrected chi connectivity index (χ0v) is 10.5. The molecule has 1 aromatic carbocycles. The van der Waals surface area contributed by atoms with Gasteiger partial charge in [0, 0.05) is 5.69 Å². The van der Waals surface area contributed by atoms with Crippen LogP contribution in [0.2, 0.25) is 0 Å². The number of nitrogens with one attached hydrogen (secondary N) is 3. The molecule has 21 heavy (non-hydrogen) atoms. The number of benzene rings is 1. The molecule has 1 heterocycles. The van der Waals surface area contributed by atoms with E-state index in [4.69, 9.17) is 10.2 Å². The Morgan fingerprint density at radius 3 is 2.52 bits per heavy atom. The third kappa shape index (κ3) is 3.15. The molecular weight excluding hydrogens is 282 g/mol. The molecule has 0 aliphatic carbocycles. The number of urea groups is 1. The van der Waals surface area contributed by atoms with Gasteiger partial charge in [-0.3, -0.25) is 14.9 Å². The molecular formula is C12H11N3O6. The molecule has 0 saturated heterocycles. The number of aliphatic carboxylic acids is 1. The number of hydrogen-bond donors (Lipinski definition) is 5. The maximum Gasteiger partial charge on any atom is 0.334 e. The van der Waals surface area contributed by atoms with E-state index in [1.54, 1.807) is 0 Å². The lowest BCUT2D eigenvalue weighted by atomic mass is 10.1. The zero-order chi connectivity index (χ0) is 15.6. The first-order valence-corrected chi connectivity index (χ1v) is 5.84. The summed E-state index contributed by atoms with van der Waals surface area (Å²) in [5, 5.41) is 24.1. The largest absolute Gasteiger partial charge is 0.479 e. The summed E-state index contributed by atoms with van der Waals surface area (Å²) in [5.74, 6) is -2.51. The fourth-order valence-corrected chi connectivity index (χ4v) is 1.70. The van der Waals surface area contributed by atoms with Crippen molar-refractivity contribution in [1.29, 1.82) is 0 Å². The van der Waals surface area contributed by atoms with Crippen molar-refractivity contribution in [3.63, 3.8) is 0 Å². The average molecular weight is 293 g/mol. The maximum atomic E-state index is 11.5. The van der Waals surface area contributed by atoms with Gasteiger partial charge >= 0.3 is 12.0 Å². The fourth-order valence-electron chi connectivity index (χ4n) is 1.70. The minimum absolute atomic E-state index is 0.142. The number of carboxylic acids is 1. The van der Waals surface area contributed by atoms with E-state index >= 15 is 0 Å². The van der Waals surface area contributed by atoms with Gasteiger partial charge in [0.05, 0.1) is 17.7 Å². The van der Waals surface area contributed by atoms with Crippen molar-refractivity contribution >= 4 is 29.5 Å². The van der Waals surface area contributed by atoms with Crippen LogP contribution in [0.1, 0.15) is 20.7 Å². The first-order valence-electron chi connectivity index (χ1n) is 5.84. The number of aliphatic hydroxyl groups is 1. The van der Waals surface area contributed by atoms with Gasteiger partial charge in [0.1, 0.15) is 0 Å². The highest BCUT2D eigenvalue weighted by Crippen LogP contribution is 2.20. The number of carbonyl (C=O) groups excluding carboxylic acids is 3. The molecule has 0 saturated carbocycles. The SMILES string of the molecule is O=C(NC[C@H](O)C(=O)O)Nc1ccc2c(c1)C(=O)NC2=O. The molecule has 1 aliphatic heterocycles. The molecule has 9 nitrogen and oxygen atoms in total. The molecule has 1 aliphatic rings. The van der Waals surface area contributed by atoms with Crippen LogP contribution in [0.4, 0.5) is 10.5 Å². The summed E-state index contributed by atoms with van der Waals surface area (Å²) in [6, 6.07) is 3.38. The van der Waals surface area contributed by atoms with E-state index in [0.717, 1.165) is 0 Å². The molecule has 0 unspecified atom stereocenters. The number of rotatable bonds is 4. The molecule has 0 radical (unpaired) electrons. The van der Waals surface area contributed by atoms with Gasteiger partial charge in [0.25, 0.3) is 11.8 Å². The van der Waals surface area contributed by atoms with E-state index < -0.39 is 36.5 Å². The molecule has 1 atom stereocenters. The van der Waals surface area contributed by atoms with Crippen LogP contribution >= 0.6 is 0 Å². The summed E-state index contributed by atoms with van der Waals surface area (Å²) in [6.07, 6.45) is -1.71. The van der Waals surface area contributed by atoms with Gasteiger partial charge in [-0.25, -0.2) is 9.59 Å².